The van der Waals surface area contributed by atoms with Gasteiger partial charge in [-0.25, -0.2) is 0 Å². The number of nitrogens with two attached hydrogens (primary N) is 1. The van der Waals surface area contributed by atoms with Crippen LogP contribution in [0.15, 0.2) is 0 Å². The molecule has 0 aliphatic carbocycles. The molecule has 0 radical (unpaired) electrons. The molecule has 0 heterocycles. The van der Waals surface area contributed by atoms with Crippen molar-refractivity contribution in [2.75, 3.05) is 12.3 Å². The molecule has 2 unspecified atom stereocenters. The van der Waals surface area contributed by atoms with Crippen LogP contribution in [-0.4, -0.2) is 32.8 Å². The Labute approximate surface area is 74.6 Å². The van der Waals surface area contributed by atoms with Gasteiger partial charge in [0.2, 0.25) is 0 Å². The van der Waals surface area contributed by atoms with Crippen LogP contribution >= 0.6 is 0 Å². The Morgan fingerprint density at radius 3 is 2.58 bits per heavy atom. The maximum atomic E-state index is 11.2. The Kier molecular flexibility index (Phi) is 5.92. The van der Waals surface area contributed by atoms with Crippen LogP contribution in [0, 0.1) is 0 Å². The standard InChI is InChI=1S/C7H15NO3S/c1-2-3-4-12(11)6(5-8)7(9)10/h6H,2-5,8H2,1H3,(H,9,10). The molecule has 2 atom stereocenters. The highest BCUT2D eigenvalue weighted by molar-refractivity contribution is 7.86. The molecule has 0 aromatic carbocycles. The third-order valence-electron chi connectivity index (χ3n) is 1.51. The number of carboxylic acids is 1. The van der Waals surface area contributed by atoms with Gasteiger partial charge in [0, 0.05) is 23.1 Å². The Morgan fingerprint density at radius 2 is 2.25 bits per heavy atom. The number of hydrogen-bond acceptors (Lipinski definition) is 3. The molecule has 0 saturated heterocycles. The van der Waals surface area contributed by atoms with Crippen molar-refractivity contribution in [2.24, 2.45) is 5.73 Å². The minimum absolute atomic E-state index is 0.0499. The van der Waals surface area contributed by atoms with Crippen LogP contribution in [0.1, 0.15) is 19.8 Å². The summed E-state index contributed by atoms with van der Waals surface area (Å²) in [5.41, 5.74) is 5.17. The van der Waals surface area contributed by atoms with E-state index in [9.17, 15) is 9.00 Å². The summed E-state index contributed by atoms with van der Waals surface area (Å²) in [5, 5.41) is 7.68. The van der Waals surface area contributed by atoms with Crippen molar-refractivity contribution in [1.82, 2.24) is 0 Å². The van der Waals surface area contributed by atoms with Gasteiger partial charge in [-0.05, 0) is 6.42 Å². The predicted octanol–water partition coefficient (Wildman–Crippen LogP) is -0.0529. The lowest BCUT2D eigenvalue weighted by atomic mass is 10.4. The molecule has 4 nitrogen and oxygen atoms in total. The summed E-state index contributed by atoms with van der Waals surface area (Å²) in [5.74, 6) is -0.628. The van der Waals surface area contributed by atoms with Gasteiger partial charge in [0.25, 0.3) is 0 Å². The van der Waals surface area contributed by atoms with Crippen molar-refractivity contribution in [1.29, 1.82) is 0 Å². The molecule has 0 aliphatic heterocycles. The molecule has 0 spiro atoms. The van der Waals surface area contributed by atoms with Crippen LogP contribution in [-0.2, 0) is 15.6 Å². The van der Waals surface area contributed by atoms with Crippen molar-refractivity contribution in [3.8, 4) is 0 Å². The number of carboxylic acid groups (broad SMARTS) is 1. The lowest BCUT2D eigenvalue weighted by Crippen LogP contribution is -2.34. The molecule has 0 fully saturated rings. The van der Waals surface area contributed by atoms with E-state index in [1.54, 1.807) is 0 Å². The number of rotatable bonds is 6. The molecule has 12 heavy (non-hydrogen) atoms. The smallest absolute Gasteiger partial charge is 0.320 e. The highest BCUT2D eigenvalue weighted by Gasteiger charge is 2.21. The van der Waals surface area contributed by atoms with E-state index in [0.717, 1.165) is 12.8 Å². The molecule has 0 rings (SSSR count). The van der Waals surface area contributed by atoms with Crippen LogP contribution in [0.25, 0.3) is 0 Å². The van der Waals surface area contributed by atoms with Crippen LogP contribution in [0.5, 0.6) is 0 Å². The van der Waals surface area contributed by atoms with E-state index in [-0.39, 0.29) is 6.54 Å². The zero-order valence-electron chi connectivity index (χ0n) is 7.16. The van der Waals surface area contributed by atoms with Crippen LogP contribution in [0.3, 0.4) is 0 Å². The molecule has 5 heteroatoms. The third kappa shape index (κ3) is 3.82. The zero-order chi connectivity index (χ0) is 9.56. The van der Waals surface area contributed by atoms with E-state index in [1.807, 2.05) is 6.92 Å². The SMILES string of the molecule is CCCCS(=O)C(CN)C(=O)O. The highest BCUT2D eigenvalue weighted by Crippen LogP contribution is 1.99. The maximum Gasteiger partial charge on any atom is 0.320 e. The molecule has 0 saturated carbocycles. The molecule has 0 aromatic heterocycles. The number of carbonyl (C=O) groups is 1. The van der Waals surface area contributed by atoms with Gasteiger partial charge in [-0.15, -0.1) is 0 Å². The predicted molar refractivity (Wildman–Crippen MR) is 48.4 cm³/mol. The Balaban J connectivity index is 3.95. The minimum atomic E-state index is -1.31. The average molecular weight is 193 g/mol. The topological polar surface area (TPSA) is 80.4 Å². The summed E-state index contributed by atoms with van der Waals surface area (Å²) < 4.78 is 11.2. The number of hydrogen-bond donors (Lipinski definition) is 2. The first kappa shape index (κ1) is 11.6. The Bertz CT molecular complexity index is 172. The van der Waals surface area contributed by atoms with E-state index >= 15 is 0 Å². The normalized spacial score (nSPS) is 15.5. The zero-order valence-corrected chi connectivity index (χ0v) is 7.97. The molecular formula is C7H15NO3S. The van der Waals surface area contributed by atoms with E-state index in [0.29, 0.717) is 5.75 Å². The summed E-state index contributed by atoms with van der Waals surface area (Å²) in [6, 6.07) is 0. The van der Waals surface area contributed by atoms with Crippen molar-refractivity contribution in [3.05, 3.63) is 0 Å². The molecule has 0 amide bonds. The fourth-order valence-electron chi connectivity index (χ4n) is 0.749. The Hall–Kier alpha value is -0.420. The van der Waals surface area contributed by atoms with Gasteiger partial charge in [0.15, 0.2) is 0 Å². The molecule has 0 aliphatic rings. The third-order valence-corrected chi connectivity index (χ3v) is 3.23. The Morgan fingerprint density at radius 1 is 1.67 bits per heavy atom. The van der Waals surface area contributed by atoms with Gasteiger partial charge in [-0.1, -0.05) is 13.3 Å². The number of aliphatic carboxylic acids is 1. The monoisotopic (exact) mass is 193 g/mol. The molecule has 72 valence electrons. The van der Waals surface area contributed by atoms with Gasteiger partial charge in [0.05, 0.1) is 0 Å². The lowest BCUT2D eigenvalue weighted by molar-refractivity contribution is -0.136. The minimum Gasteiger partial charge on any atom is -0.480 e. The van der Waals surface area contributed by atoms with Crippen LogP contribution in [0.2, 0.25) is 0 Å². The second-order valence-corrected chi connectivity index (χ2v) is 4.24. The largest absolute Gasteiger partial charge is 0.480 e. The van der Waals surface area contributed by atoms with Crippen LogP contribution in [0.4, 0.5) is 0 Å². The summed E-state index contributed by atoms with van der Waals surface area (Å²) in [6.07, 6.45) is 1.71. The van der Waals surface area contributed by atoms with Gasteiger partial charge in [-0.3, -0.25) is 9.00 Å². The van der Waals surface area contributed by atoms with Crippen molar-refractivity contribution >= 4 is 16.8 Å². The molecular weight excluding hydrogens is 178 g/mol. The summed E-state index contributed by atoms with van der Waals surface area (Å²) >= 11 is 0. The first-order valence-electron chi connectivity index (χ1n) is 3.93. The lowest BCUT2D eigenvalue weighted by Gasteiger charge is -2.08. The fourth-order valence-corrected chi connectivity index (χ4v) is 2.05. The van der Waals surface area contributed by atoms with Gasteiger partial charge in [0.1, 0.15) is 5.25 Å². The summed E-state index contributed by atoms with van der Waals surface area (Å²) in [6.45, 7) is 1.92. The van der Waals surface area contributed by atoms with E-state index in [4.69, 9.17) is 10.8 Å². The second-order valence-electron chi connectivity index (χ2n) is 2.50. The molecule has 0 aromatic rings. The maximum absolute atomic E-state index is 11.2. The summed E-state index contributed by atoms with van der Waals surface area (Å²) in [4.78, 5) is 10.5. The quantitative estimate of drug-likeness (QED) is 0.619. The average Bonchev–Trinajstić information content (AvgIpc) is 2.01. The van der Waals surface area contributed by atoms with E-state index < -0.39 is 22.0 Å². The first-order valence-corrected chi connectivity index (χ1v) is 5.31. The summed E-state index contributed by atoms with van der Waals surface area (Å²) in [7, 11) is -1.31. The van der Waals surface area contributed by atoms with Crippen LogP contribution < -0.4 is 5.73 Å². The molecule has 3 N–H and O–H groups in total. The first-order chi connectivity index (χ1) is 5.63. The van der Waals surface area contributed by atoms with Crippen molar-refractivity contribution in [3.63, 3.8) is 0 Å². The second kappa shape index (κ2) is 6.14. The van der Waals surface area contributed by atoms with Gasteiger partial charge >= 0.3 is 5.97 Å². The highest BCUT2D eigenvalue weighted by atomic mass is 32.2. The fraction of sp³-hybridized carbons (Fsp3) is 0.857. The van der Waals surface area contributed by atoms with Crippen molar-refractivity contribution in [2.45, 2.75) is 25.0 Å². The van der Waals surface area contributed by atoms with Gasteiger partial charge < -0.3 is 10.8 Å². The molecule has 0 bridgehead atoms. The number of unbranched alkanes of at least 4 members (excludes halogenated alkanes) is 1. The van der Waals surface area contributed by atoms with Crippen molar-refractivity contribution < 1.29 is 14.1 Å². The van der Waals surface area contributed by atoms with E-state index in [1.165, 1.54) is 0 Å². The van der Waals surface area contributed by atoms with Gasteiger partial charge in [-0.2, -0.15) is 0 Å². The van der Waals surface area contributed by atoms with E-state index in [2.05, 4.69) is 0 Å².